The van der Waals surface area contributed by atoms with E-state index < -0.39 is 0 Å². The van der Waals surface area contributed by atoms with Crippen LogP contribution >= 0.6 is 0 Å². The first kappa shape index (κ1) is 13.9. The maximum absolute atomic E-state index is 3.69. The van der Waals surface area contributed by atoms with Crippen molar-refractivity contribution in [3.63, 3.8) is 0 Å². The lowest BCUT2D eigenvalue weighted by Gasteiger charge is -2.30. The third kappa shape index (κ3) is 3.51. The van der Waals surface area contributed by atoms with Crippen molar-refractivity contribution in [1.82, 2.24) is 5.32 Å². The van der Waals surface area contributed by atoms with Crippen LogP contribution in [0.1, 0.15) is 59.8 Å². The summed E-state index contributed by atoms with van der Waals surface area (Å²) in [6.45, 7) is 9.88. The highest BCUT2D eigenvalue weighted by Gasteiger charge is 2.42. The number of hydrogen-bond donors (Lipinski definition) is 1. The second-order valence-corrected chi connectivity index (χ2v) is 7.26. The van der Waals surface area contributed by atoms with Gasteiger partial charge in [0.05, 0.1) is 0 Å². The van der Waals surface area contributed by atoms with Crippen LogP contribution in [0.25, 0.3) is 0 Å². The standard InChI is InChI=1S/C17H29N/c1-5-18-16(7-6-10-17(2,3)4)15-12-13-8-9-14(15)11-13/h13-16,18H,5,7-9,11-12H2,1-4H3. The van der Waals surface area contributed by atoms with Crippen LogP contribution in [0.4, 0.5) is 0 Å². The maximum Gasteiger partial charge on any atom is 0.0246 e. The molecule has 2 saturated carbocycles. The average Bonchev–Trinajstić information content (AvgIpc) is 2.87. The molecular weight excluding hydrogens is 218 g/mol. The smallest absolute Gasteiger partial charge is 0.0246 e. The van der Waals surface area contributed by atoms with Gasteiger partial charge in [-0.2, -0.15) is 0 Å². The molecule has 0 spiro atoms. The van der Waals surface area contributed by atoms with E-state index in [4.69, 9.17) is 0 Å². The summed E-state index contributed by atoms with van der Waals surface area (Å²) in [6, 6.07) is 0.639. The summed E-state index contributed by atoms with van der Waals surface area (Å²) in [5.74, 6) is 9.76. The van der Waals surface area contributed by atoms with Crippen molar-refractivity contribution in [2.75, 3.05) is 6.54 Å². The van der Waals surface area contributed by atoms with E-state index in [2.05, 4.69) is 44.9 Å². The predicted molar refractivity (Wildman–Crippen MR) is 78.3 cm³/mol. The van der Waals surface area contributed by atoms with Crippen LogP contribution in [0.15, 0.2) is 0 Å². The molecule has 2 fully saturated rings. The molecule has 18 heavy (non-hydrogen) atoms. The van der Waals surface area contributed by atoms with Gasteiger partial charge in [0.15, 0.2) is 0 Å². The summed E-state index contributed by atoms with van der Waals surface area (Å²) < 4.78 is 0. The summed E-state index contributed by atoms with van der Waals surface area (Å²) in [5.41, 5.74) is 0.144. The highest BCUT2D eigenvalue weighted by molar-refractivity contribution is 5.10. The molecule has 0 radical (unpaired) electrons. The summed E-state index contributed by atoms with van der Waals surface area (Å²) in [7, 11) is 0. The summed E-state index contributed by atoms with van der Waals surface area (Å²) in [5, 5.41) is 3.69. The molecule has 102 valence electrons. The third-order valence-electron chi connectivity index (χ3n) is 4.56. The molecule has 0 heterocycles. The minimum absolute atomic E-state index is 0.144. The number of hydrogen-bond acceptors (Lipinski definition) is 1. The highest BCUT2D eigenvalue weighted by Crippen LogP contribution is 2.49. The second-order valence-electron chi connectivity index (χ2n) is 7.26. The van der Waals surface area contributed by atoms with E-state index in [9.17, 15) is 0 Å². The Hall–Kier alpha value is -0.480. The molecule has 1 heteroatoms. The first-order chi connectivity index (χ1) is 8.49. The van der Waals surface area contributed by atoms with Crippen molar-refractivity contribution in [3.8, 4) is 11.8 Å². The van der Waals surface area contributed by atoms with Crippen LogP contribution in [0.3, 0.4) is 0 Å². The number of rotatable bonds is 4. The van der Waals surface area contributed by atoms with Crippen LogP contribution in [-0.4, -0.2) is 12.6 Å². The van der Waals surface area contributed by atoms with E-state index in [1.165, 1.54) is 25.7 Å². The molecular formula is C17H29N. The van der Waals surface area contributed by atoms with Crippen molar-refractivity contribution in [1.29, 1.82) is 0 Å². The van der Waals surface area contributed by atoms with Crippen LogP contribution < -0.4 is 5.32 Å². The van der Waals surface area contributed by atoms with Gasteiger partial charge in [0.25, 0.3) is 0 Å². The Morgan fingerprint density at radius 3 is 2.50 bits per heavy atom. The van der Waals surface area contributed by atoms with Crippen LogP contribution in [-0.2, 0) is 0 Å². The van der Waals surface area contributed by atoms with Gasteiger partial charge in [0.1, 0.15) is 0 Å². The first-order valence-corrected chi connectivity index (χ1v) is 7.73. The molecule has 4 atom stereocenters. The minimum Gasteiger partial charge on any atom is -0.313 e. The molecule has 2 aliphatic rings. The van der Waals surface area contributed by atoms with Crippen molar-refractivity contribution < 1.29 is 0 Å². The predicted octanol–water partition coefficient (Wildman–Crippen LogP) is 3.84. The second kappa shape index (κ2) is 5.66. The van der Waals surface area contributed by atoms with Gasteiger partial charge in [-0.3, -0.25) is 0 Å². The zero-order valence-electron chi connectivity index (χ0n) is 12.6. The molecule has 2 rings (SSSR count). The Balaban J connectivity index is 1.93. The average molecular weight is 247 g/mol. The summed E-state index contributed by atoms with van der Waals surface area (Å²) in [6.07, 6.45) is 6.97. The van der Waals surface area contributed by atoms with E-state index in [1.54, 1.807) is 0 Å². The van der Waals surface area contributed by atoms with Crippen molar-refractivity contribution >= 4 is 0 Å². The maximum atomic E-state index is 3.69. The highest BCUT2D eigenvalue weighted by atomic mass is 14.9. The van der Waals surface area contributed by atoms with Gasteiger partial charge in [-0.05, 0) is 64.3 Å². The largest absolute Gasteiger partial charge is 0.313 e. The van der Waals surface area contributed by atoms with Crippen LogP contribution in [0.5, 0.6) is 0 Å². The SMILES string of the molecule is CCNC(CC#CC(C)(C)C)C1CC2CCC1C2. The van der Waals surface area contributed by atoms with E-state index in [0.29, 0.717) is 6.04 Å². The molecule has 0 saturated heterocycles. The van der Waals surface area contributed by atoms with Gasteiger partial charge in [0.2, 0.25) is 0 Å². The fraction of sp³-hybridized carbons (Fsp3) is 0.882. The van der Waals surface area contributed by atoms with Gasteiger partial charge < -0.3 is 5.32 Å². The van der Waals surface area contributed by atoms with E-state index in [0.717, 1.165) is 30.7 Å². The fourth-order valence-corrected chi connectivity index (χ4v) is 3.85. The zero-order valence-corrected chi connectivity index (χ0v) is 12.6. The van der Waals surface area contributed by atoms with Crippen molar-refractivity contribution in [2.45, 2.75) is 65.8 Å². The van der Waals surface area contributed by atoms with Gasteiger partial charge in [-0.15, -0.1) is 5.92 Å². The van der Waals surface area contributed by atoms with Crippen LogP contribution in [0, 0.1) is 35.0 Å². The molecule has 0 aliphatic heterocycles. The Bertz CT molecular complexity index is 328. The monoisotopic (exact) mass is 247 g/mol. The van der Waals surface area contributed by atoms with Gasteiger partial charge in [-0.1, -0.05) is 19.3 Å². The third-order valence-corrected chi connectivity index (χ3v) is 4.56. The van der Waals surface area contributed by atoms with Crippen LogP contribution in [0.2, 0.25) is 0 Å². The lowest BCUT2D eigenvalue weighted by Crippen LogP contribution is -2.38. The Labute approximate surface area is 113 Å². The quantitative estimate of drug-likeness (QED) is 0.744. The molecule has 1 N–H and O–H groups in total. The Morgan fingerprint density at radius 1 is 1.22 bits per heavy atom. The Morgan fingerprint density at radius 2 is 2.00 bits per heavy atom. The molecule has 2 aliphatic carbocycles. The number of fused-ring (bicyclic) bond motifs is 2. The van der Waals surface area contributed by atoms with E-state index >= 15 is 0 Å². The van der Waals surface area contributed by atoms with E-state index in [-0.39, 0.29) is 5.41 Å². The zero-order chi connectivity index (χ0) is 13.2. The molecule has 4 unspecified atom stereocenters. The lowest BCUT2D eigenvalue weighted by atomic mass is 9.82. The normalized spacial score (nSPS) is 32.1. The Kier molecular flexibility index (Phi) is 4.38. The van der Waals surface area contributed by atoms with Gasteiger partial charge in [-0.25, -0.2) is 0 Å². The lowest BCUT2D eigenvalue weighted by molar-refractivity contribution is 0.253. The fourth-order valence-electron chi connectivity index (χ4n) is 3.85. The molecule has 0 aromatic carbocycles. The number of nitrogens with one attached hydrogen (secondary N) is 1. The topological polar surface area (TPSA) is 12.0 Å². The summed E-state index contributed by atoms with van der Waals surface area (Å²) in [4.78, 5) is 0. The molecule has 0 aromatic heterocycles. The van der Waals surface area contributed by atoms with E-state index in [1.807, 2.05) is 0 Å². The van der Waals surface area contributed by atoms with Crippen molar-refractivity contribution in [3.05, 3.63) is 0 Å². The minimum atomic E-state index is 0.144. The van der Waals surface area contributed by atoms with Gasteiger partial charge >= 0.3 is 0 Å². The molecule has 0 aromatic rings. The first-order valence-electron chi connectivity index (χ1n) is 7.73. The molecule has 1 nitrogen and oxygen atoms in total. The van der Waals surface area contributed by atoms with Crippen molar-refractivity contribution in [2.24, 2.45) is 23.2 Å². The molecule has 2 bridgehead atoms. The molecule has 0 amide bonds. The van der Waals surface area contributed by atoms with Gasteiger partial charge in [0, 0.05) is 17.9 Å². The summed E-state index contributed by atoms with van der Waals surface area (Å²) >= 11 is 0.